The summed E-state index contributed by atoms with van der Waals surface area (Å²) < 4.78 is 57.1. The Bertz CT molecular complexity index is 335. The van der Waals surface area contributed by atoms with Crippen molar-refractivity contribution in [2.75, 3.05) is 0 Å². The van der Waals surface area contributed by atoms with E-state index < -0.39 is 33.6 Å². The fourth-order valence-corrected chi connectivity index (χ4v) is 1.35. The van der Waals surface area contributed by atoms with E-state index in [4.69, 9.17) is 10.2 Å². The van der Waals surface area contributed by atoms with Gasteiger partial charge in [0.1, 0.15) is 6.04 Å². The number of aliphatic carboxylic acids is 1. The predicted molar refractivity (Wildman–Crippen MR) is 41.2 cm³/mol. The SMILES string of the molecule is CC(O)C(NS(=O)(=O)C(F)(F)F)C(=O)O. The largest absolute Gasteiger partial charge is 0.511 e. The maximum atomic E-state index is 11.8. The van der Waals surface area contributed by atoms with Crippen LogP contribution in [0.25, 0.3) is 0 Å². The lowest BCUT2D eigenvalue weighted by Gasteiger charge is -2.17. The van der Waals surface area contributed by atoms with Gasteiger partial charge in [0.05, 0.1) is 6.10 Å². The van der Waals surface area contributed by atoms with Crippen molar-refractivity contribution in [1.82, 2.24) is 4.72 Å². The number of carboxylic acid groups (broad SMARTS) is 1. The maximum absolute atomic E-state index is 11.8. The number of aliphatic hydroxyl groups is 1. The molecule has 2 unspecified atom stereocenters. The Labute approximate surface area is 82.8 Å². The third kappa shape index (κ3) is 3.64. The van der Waals surface area contributed by atoms with Gasteiger partial charge in [0.2, 0.25) is 0 Å². The average Bonchev–Trinajstić information content (AvgIpc) is 1.96. The van der Waals surface area contributed by atoms with Gasteiger partial charge >= 0.3 is 21.5 Å². The second-order valence-corrected chi connectivity index (χ2v) is 4.33. The molecule has 15 heavy (non-hydrogen) atoms. The van der Waals surface area contributed by atoms with Gasteiger partial charge in [-0.25, -0.2) is 8.42 Å². The van der Waals surface area contributed by atoms with Gasteiger partial charge in [-0.1, -0.05) is 0 Å². The second kappa shape index (κ2) is 4.33. The normalized spacial score (nSPS) is 17.1. The Morgan fingerprint density at radius 3 is 2.00 bits per heavy atom. The molecule has 6 nitrogen and oxygen atoms in total. The van der Waals surface area contributed by atoms with E-state index in [0.717, 1.165) is 11.6 Å². The molecule has 90 valence electrons. The molecule has 0 spiro atoms. The van der Waals surface area contributed by atoms with Crippen LogP contribution in [0.2, 0.25) is 0 Å². The first-order chi connectivity index (χ1) is 6.49. The van der Waals surface area contributed by atoms with E-state index in [1.54, 1.807) is 0 Å². The van der Waals surface area contributed by atoms with Crippen LogP contribution in [0, 0.1) is 0 Å². The lowest BCUT2D eigenvalue weighted by atomic mass is 10.2. The summed E-state index contributed by atoms with van der Waals surface area (Å²) in [6.07, 6.45) is -1.79. The van der Waals surface area contributed by atoms with Crippen LogP contribution in [-0.2, 0) is 14.8 Å². The molecule has 0 aromatic rings. The molecule has 0 rings (SSSR count). The summed E-state index contributed by atoms with van der Waals surface area (Å²) in [6.45, 7) is 0.845. The van der Waals surface area contributed by atoms with E-state index in [1.807, 2.05) is 0 Å². The highest BCUT2D eigenvalue weighted by Crippen LogP contribution is 2.22. The average molecular weight is 251 g/mol. The third-order valence-corrected chi connectivity index (χ3v) is 2.51. The second-order valence-electron chi connectivity index (χ2n) is 2.62. The molecule has 2 atom stereocenters. The monoisotopic (exact) mass is 251 g/mol. The first kappa shape index (κ1) is 14.1. The summed E-state index contributed by atoms with van der Waals surface area (Å²) in [6, 6.07) is -2.24. The number of rotatable bonds is 4. The standard InChI is InChI=1S/C5H8F3NO5S/c1-2(10)3(4(11)12)9-15(13,14)5(6,7)8/h2-3,9-10H,1H3,(H,11,12). The van der Waals surface area contributed by atoms with Crippen molar-refractivity contribution in [3.63, 3.8) is 0 Å². The lowest BCUT2D eigenvalue weighted by Crippen LogP contribution is -2.51. The summed E-state index contributed by atoms with van der Waals surface area (Å²) in [5, 5.41) is 17.1. The summed E-state index contributed by atoms with van der Waals surface area (Å²) in [5.41, 5.74) is -5.62. The van der Waals surface area contributed by atoms with E-state index in [2.05, 4.69) is 0 Å². The topological polar surface area (TPSA) is 104 Å². The summed E-state index contributed by atoms with van der Waals surface area (Å²) in [7, 11) is -5.78. The molecule has 0 amide bonds. The van der Waals surface area contributed by atoms with E-state index in [0.29, 0.717) is 0 Å². The highest BCUT2D eigenvalue weighted by molar-refractivity contribution is 7.90. The van der Waals surface area contributed by atoms with Crippen LogP contribution in [-0.4, -0.2) is 42.3 Å². The minimum atomic E-state index is -5.78. The van der Waals surface area contributed by atoms with Crippen molar-refractivity contribution in [3.8, 4) is 0 Å². The molecule has 0 aliphatic rings. The minimum absolute atomic E-state index is 0.830. The van der Waals surface area contributed by atoms with Crippen molar-refractivity contribution >= 4 is 16.0 Å². The first-order valence-corrected chi connectivity index (χ1v) is 4.97. The number of aliphatic hydroxyl groups excluding tert-OH is 1. The van der Waals surface area contributed by atoms with E-state index in [-0.39, 0.29) is 0 Å². The molecule has 0 saturated carbocycles. The summed E-state index contributed by atoms with van der Waals surface area (Å²) >= 11 is 0. The number of carboxylic acids is 1. The van der Waals surface area contributed by atoms with E-state index in [1.165, 1.54) is 0 Å². The summed E-state index contributed by atoms with van der Waals surface area (Å²) in [4.78, 5) is 10.3. The van der Waals surface area contributed by atoms with Gasteiger partial charge in [0.25, 0.3) is 0 Å². The molecule has 0 bridgehead atoms. The molecular weight excluding hydrogens is 243 g/mol. The molecule has 0 radical (unpaired) electrons. The van der Waals surface area contributed by atoms with Crippen molar-refractivity contribution in [2.24, 2.45) is 0 Å². The Morgan fingerprint density at radius 2 is 1.80 bits per heavy atom. The van der Waals surface area contributed by atoms with Crippen LogP contribution in [0.5, 0.6) is 0 Å². The van der Waals surface area contributed by atoms with E-state index in [9.17, 15) is 26.4 Å². The highest BCUT2D eigenvalue weighted by Gasteiger charge is 2.48. The number of sulfonamides is 1. The third-order valence-electron chi connectivity index (χ3n) is 1.34. The molecule has 0 aliphatic carbocycles. The first-order valence-electron chi connectivity index (χ1n) is 3.48. The zero-order chi connectivity index (χ0) is 12.4. The van der Waals surface area contributed by atoms with Gasteiger partial charge in [-0.05, 0) is 6.92 Å². The van der Waals surface area contributed by atoms with Crippen LogP contribution in [0.1, 0.15) is 6.92 Å². The van der Waals surface area contributed by atoms with Gasteiger partial charge in [-0.3, -0.25) is 4.79 Å². The van der Waals surface area contributed by atoms with Crippen molar-refractivity contribution in [2.45, 2.75) is 24.6 Å². The Morgan fingerprint density at radius 1 is 1.40 bits per heavy atom. The van der Waals surface area contributed by atoms with Crippen molar-refractivity contribution < 1.29 is 36.6 Å². The number of alkyl halides is 3. The molecule has 10 heteroatoms. The molecule has 0 aliphatic heterocycles. The van der Waals surface area contributed by atoms with E-state index >= 15 is 0 Å². The number of carbonyl (C=O) groups is 1. The lowest BCUT2D eigenvalue weighted by molar-refractivity contribution is -0.141. The Kier molecular flexibility index (Phi) is 4.08. The van der Waals surface area contributed by atoms with Crippen LogP contribution in [0.4, 0.5) is 13.2 Å². The number of hydrogen-bond acceptors (Lipinski definition) is 4. The Balaban J connectivity index is 4.93. The highest BCUT2D eigenvalue weighted by atomic mass is 32.2. The maximum Gasteiger partial charge on any atom is 0.511 e. The number of hydrogen-bond donors (Lipinski definition) is 3. The van der Waals surface area contributed by atoms with Crippen LogP contribution in [0.3, 0.4) is 0 Å². The van der Waals surface area contributed by atoms with Crippen molar-refractivity contribution in [3.05, 3.63) is 0 Å². The van der Waals surface area contributed by atoms with Gasteiger partial charge < -0.3 is 10.2 Å². The van der Waals surface area contributed by atoms with Gasteiger partial charge in [0.15, 0.2) is 0 Å². The molecular formula is C5H8F3NO5S. The molecule has 0 aromatic heterocycles. The Hall–Kier alpha value is -0.870. The fraction of sp³-hybridized carbons (Fsp3) is 0.800. The molecule has 0 heterocycles. The van der Waals surface area contributed by atoms with Crippen LogP contribution >= 0.6 is 0 Å². The fourth-order valence-electron chi connectivity index (χ4n) is 0.589. The smallest absolute Gasteiger partial charge is 0.480 e. The molecule has 0 aromatic carbocycles. The quantitative estimate of drug-likeness (QED) is 0.610. The van der Waals surface area contributed by atoms with Gasteiger partial charge in [-0.15, -0.1) is 0 Å². The number of halogens is 3. The molecule has 0 saturated heterocycles. The van der Waals surface area contributed by atoms with Gasteiger partial charge in [-0.2, -0.15) is 17.9 Å². The van der Waals surface area contributed by atoms with Crippen LogP contribution in [0.15, 0.2) is 0 Å². The van der Waals surface area contributed by atoms with Gasteiger partial charge in [0, 0.05) is 0 Å². The minimum Gasteiger partial charge on any atom is -0.480 e. The molecule has 0 fully saturated rings. The van der Waals surface area contributed by atoms with Crippen LogP contribution < -0.4 is 4.72 Å². The zero-order valence-corrected chi connectivity index (χ0v) is 8.13. The molecule has 3 N–H and O–H groups in total. The summed E-state index contributed by atoms with van der Waals surface area (Å²) in [5.74, 6) is -1.90. The zero-order valence-electron chi connectivity index (χ0n) is 7.32. The number of nitrogens with one attached hydrogen (secondary N) is 1. The predicted octanol–water partition coefficient (Wildman–Crippen LogP) is -0.740. The van der Waals surface area contributed by atoms with Crippen molar-refractivity contribution in [1.29, 1.82) is 0 Å².